The number of nitriles is 1. The molecule has 26 heavy (non-hydrogen) atoms. The van der Waals surface area contributed by atoms with Gasteiger partial charge in [-0.2, -0.15) is 18.4 Å². The summed E-state index contributed by atoms with van der Waals surface area (Å²) >= 11 is 0. The molecule has 0 aliphatic rings. The van der Waals surface area contributed by atoms with Crippen LogP contribution >= 0.6 is 0 Å². The van der Waals surface area contributed by atoms with Gasteiger partial charge in [0, 0.05) is 17.6 Å². The molecule has 3 aromatic rings. The van der Waals surface area contributed by atoms with Crippen molar-refractivity contribution in [2.75, 3.05) is 0 Å². The third-order valence-corrected chi connectivity index (χ3v) is 4.00. The summed E-state index contributed by atoms with van der Waals surface area (Å²) in [6.07, 6.45) is -0.985. The van der Waals surface area contributed by atoms with E-state index < -0.39 is 11.7 Å². The molecule has 5 heteroatoms. The summed E-state index contributed by atoms with van der Waals surface area (Å²) in [6, 6.07) is 18.4. The van der Waals surface area contributed by atoms with E-state index in [0.29, 0.717) is 0 Å². The Morgan fingerprint density at radius 3 is 2.42 bits per heavy atom. The number of allylic oxidation sites excluding steroid dienone is 1. The standard InChI is InChI=1S/C21H15F3N2/c1-15-10-16(14-26(15)20-8-3-2-4-9-20)11-18(13-25)17-6-5-7-19(12-17)21(22,23)24/h2-12,14H,1H3/b18-11+. The fourth-order valence-electron chi connectivity index (χ4n) is 2.75. The van der Waals surface area contributed by atoms with Crippen molar-refractivity contribution < 1.29 is 13.2 Å². The summed E-state index contributed by atoms with van der Waals surface area (Å²) < 4.78 is 40.7. The molecule has 0 N–H and O–H groups in total. The van der Waals surface area contributed by atoms with E-state index in [9.17, 15) is 18.4 Å². The highest BCUT2D eigenvalue weighted by Crippen LogP contribution is 2.31. The summed E-state index contributed by atoms with van der Waals surface area (Å²) in [5, 5.41) is 9.42. The molecule has 1 heterocycles. The quantitative estimate of drug-likeness (QED) is 0.542. The summed E-state index contributed by atoms with van der Waals surface area (Å²) in [4.78, 5) is 0. The lowest BCUT2D eigenvalue weighted by Crippen LogP contribution is -2.04. The number of aromatic nitrogens is 1. The second kappa shape index (κ2) is 6.93. The molecule has 2 nitrogen and oxygen atoms in total. The van der Waals surface area contributed by atoms with E-state index in [-0.39, 0.29) is 11.1 Å². The molecule has 0 atom stereocenters. The molecule has 2 aromatic carbocycles. The Balaban J connectivity index is 2.00. The topological polar surface area (TPSA) is 28.7 Å². The molecular formula is C21H15F3N2. The predicted octanol–water partition coefficient (Wildman–Crippen LogP) is 5.87. The molecule has 130 valence electrons. The number of halogens is 3. The molecular weight excluding hydrogens is 337 g/mol. The highest BCUT2D eigenvalue weighted by atomic mass is 19.4. The van der Waals surface area contributed by atoms with Gasteiger partial charge in [-0.1, -0.05) is 30.3 Å². The first kappa shape index (κ1) is 17.6. The lowest BCUT2D eigenvalue weighted by Gasteiger charge is -2.08. The number of aryl methyl sites for hydroxylation is 1. The van der Waals surface area contributed by atoms with Crippen molar-refractivity contribution >= 4 is 11.6 Å². The van der Waals surface area contributed by atoms with E-state index in [0.717, 1.165) is 29.1 Å². The Morgan fingerprint density at radius 1 is 1.04 bits per heavy atom. The third kappa shape index (κ3) is 3.70. The van der Waals surface area contributed by atoms with Crippen molar-refractivity contribution in [1.82, 2.24) is 4.57 Å². The molecule has 0 aliphatic carbocycles. The van der Waals surface area contributed by atoms with Gasteiger partial charge in [-0.05, 0) is 54.5 Å². The van der Waals surface area contributed by atoms with Crippen LogP contribution in [0.15, 0.2) is 66.9 Å². The zero-order chi connectivity index (χ0) is 18.7. The van der Waals surface area contributed by atoms with Crippen LogP contribution in [0.5, 0.6) is 0 Å². The van der Waals surface area contributed by atoms with E-state index in [1.807, 2.05) is 60.2 Å². The van der Waals surface area contributed by atoms with Gasteiger partial charge in [0.2, 0.25) is 0 Å². The van der Waals surface area contributed by atoms with Crippen molar-refractivity contribution in [2.24, 2.45) is 0 Å². The van der Waals surface area contributed by atoms with Crippen LogP contribution in [0.1, 0.15) is 22.4 Å². The summed E-state index contributed by atoms with van der Waals surface area (Å²) in [5.41, 5.74) is 2.34. The van der Waals surface area contributed by atoms with Gasteiger partial charge < -0.3 is 4.57 Å². The van der Waals surface area contributed by atoms with Gasteiger partial charge in [-0.25, -0.2) is 0 Å². The average Bonchev–Trinajstić information content (AvgIpc) is 3.00. The minimum absolute atomic E-state index is 0.182. The molecule has 0 spiro atoms. The van der Waals surface area contributed by atoms with Crippen LogP contribution in [0.25, 0.3) is 17.3 Å². The van der Waals surface area contributed by atoms with Crippen molar-refractivity contribution in [3.05, 3.63) is 89.2 Å². The number of alkyl halides is 3. The van der Waals surface area contributed by atoms with Crippen LogP contribution in [0.3, 0.4) is 0 Å². The number of rotatable bonds is 3. The SMILES string of the molecule is Cc1cc(/C=C(\C#N)c2cccc(C(F)(F)F)c2)cn1-c1ccccc1. The highest BCUT2D eigenvalue weighted by Gasteiger charge is 2.30. The summed E-state index contributed by atoms with van der Waals surface area (Å²) in [7, 11) is 0. The first-order valence-corrected chi connectivity index (χ1v) is 7.92. The second-order valence-corrected chi connectivity index (χ2v) is 5.87. The molecule has 0 fully saturated rings. The molecule has 3 rings (SSSR count). The monoisotopic (exact) mass is 352 g/mol. The van der Waals surface area contributed by atoms with E-state index in [2.05, 4.69) is 0 Å². The molecule has 0 amide bonds. The largest absolute Gasteiger partial charge is 0.416 e. The zero-order valence-electron chi connectivity index (χ0n) is 14.0. The van der Waals surface area contributed by atoms with Crippen LogP contribution in [0.2, 0.25) is 0 Å². The van der Waals surface area contributed by atoms with E-state index in [1.165, 1.54) is 12.1 Å². The van der Waals surface area contributed by atoms with Crippen molar-refractivity contribution in [3.8, 4) is 11.8 Å². The minimum atomic E-state index is -4.44. The maximum atomic E-state index is 12.9. The fraction of sp³-hybridized carbons (Fsp3) is 0.0952. The van der Waals surface area contributed by atoms with Crippen LogP contribution in [-0.4, -0.2) is 4.57 Å². The van der Waals surface area contributed by atoms with Gasteiger partial charge in [-0.3, -0.25) is 0 Å². The number of benzene rings is 2. The summed E-state index contributed by atoms with van der Waals surface area (Å²) in [6.45, 7) is 1.93. The highest BCUT2D eigenvalue weighted by molar-refractivity contribution is 5.89. The lowest BCUT2D eigenvalue weighted by atomic mass is 10.0. The van der Waals surface area contributed by atoms with E-state index in [4.69, 9.17) is 0 Å². The Hall–Kier alpha value is -3.26. The van der Waals surface area contributed by atoms with Crippen LogP contribution in [0, 0.1) is 18.3 Å². The van der Waals surface area contributed by atoms with Crippen molar-refractivity contribution in [3.63, 3.8) is 0 Å². The van der Waals surface area contributed by atoms with Crippen LogP contribution in [0.4, 0.5) is 13.2 Å². The van der Waals surface area contributed by atoms with Gasteiger partial charge in [0.1, 0.15) is 0 Å². The predicted molar refractivity (Wildman–Crippen MR) is 95.4 cm³/mol. The average molecular weight is 352 g/mol. The second-order valence-electron chi connectivity index (χ2n) is 5.87. The number of hydrogen-bond acceptors (Lipinski definition) is 1. The Labute approximate surface area is 149 Å². The van der Waals surface area contributed by atoms with Crippen molar-refractivity contribution in [1.29, 1.82) is 5.26 Å². The summed E-state index contributed by atoms with van der Waals surface area (Å²) in [5.74, 6) is 0. The third-order valence-electron chi connectivity index (χ3n) is 4.00. The van der Waals surface area contributed by atoms with Crippen LogP contribution in [-0.2, 0) is 6.18 Å². The molecule has 1 aromatic heterocycles. The first-order valence-electron chi connectivity index (χ1n) is 7.92. The van der Waals surface area contributed by atoms with Gasteiger partial charge in [0.25, 0.3) is 0 Å². The molecule has 0 radical (unpaired) electrons. The molecule has 0 saturated carbocycles. The van der Waals surface area contributed by atoms with Gasteiger partial charge in [0.15, 0.2) is 0 Å². The number of nitrogens with zero attached hydrogens (tertiary/aromatic N) is 2. The Bertz CT molecular complexity index is 990. The zero-order valence-corrected chi connectivity index (χ0v) is 14.0. The maximum absolute atomic E-state index is 12.9. The molecule has 0 unspecified atom stereocenters. The van der Waals surface area contributed by atoms with Gasteiger partial charge in [-0.15, -0.1) is 0 Å². The number of para-hydroxylation sites is 1. The Kier molecular flexibility index (Phi) is 4.68. The normalized spacial score (nSPS) is 12.0. The van der Waals surface area contributed by atoms with Crippen LogP contribution < -0.4 is 0 Å². The maximum Gasteiger partial charge on any atom is 0.416 e. The fourth-order valence-corrected chi connectivity index (χ4v) is 2.75. The Morgan fingerprint density at radius 2 is 1.77 bits per heavy atom. The molecule has 0 bridgehead atoms. The number of hydrogen-bond donors (Lipinski definition) is 0. The van der Waals surface area contributed by atoms with E-state index in [1.54, 1.807) is 6.08 Å². The van der Waals surface area contributed by atoms with Gasteiger partial charge >= 0.3 is 6.18 Å². The first-order chi connectivity index (χ1) is 12.4. The lowest BCUT2D eigenvalue weighted by molar-refractivity contribution is -0.137. The van der Waals surface area contributed by atoms with E-state index >= 15 is 0 Å². The van der Waals surface area contributed by atoms with Crippen molar-refractivity contribution in [2.45, 2.75) is 13.1 Å². The van der Waals surface area contributed by atoms with Gasteiger partial charge in [0.05, 0.1) is 17.2 Å². The minimum Gasteiger partial charge on any atom is -0.321 e. The smallest absolute Gasteiger partial charge is 0.321 e. The molecule has 0 aliphatic heterocycles. The molecule has 0 saturated heterocycles.